The summed E-state index contributed by atoms with van der Waals surface area (Å²) in [5, 5.41) is 1.59. The van der Waals surface area contributed by atoms with Crippen molar-refractivity contribution >= 4 is 27.5 Å². The number of rotatable bonds is 5. The minimum absolute atomic E-state index is 0.211. The van der Waals surface area contributed by atoms with Gasteiger partial charge in [0.15, 0.2) is 0 Å². The highest BCUT2D eigenvalue weighted by atomic mass is 79.9. The van der Waals surface area contributed by atoms with E-state index < -0.39 is 0 Å². The Balaban J connectivity index is 2.73. The van der Waals surface area contributed by atoms with Gasteiger partial charge in [0.25, 0.3) is 0 Å². The summed E-state index contributed by atoms with van der Waals surface area (Å²) in [7, 11) is 0. The molecule has 1 atom stereocenters. The molecule has 0 radical (unpaired) electrons. The number of hydrogen-bond donors (Lipinski definition) is 0. The molecule has 0 saturated heterocycles. The summed E-state index contributed by atoms with van der Waals surface area (Å²) in [5.74, 6) is 0.950. The van der Waals surface area contributed by atoms with Gasteiger partial charge in [-0.1, -0.05) is 41.4 Å². The van der Waals surface area contributed by atoms with Gasteiger partial charge < -0.3 is 0 Å². The number of hydrogen-bond acceptors (Lipinski definition) is 0. The molecule has 16 heavy (non-hydrogen) atoms. The standard InChI is InChI=1S/C13H17BrClF/c1-9(2)5-10(8-14)6-11-7-12(16)3-4-13(11)15/h3-4,7,9-10H,5-6,8H2,1-2H3. The number of benzene rings is 1. The number of alkyl halides is 1. The first kappa shape index (κ1) is 14.0. The summed E-state index contributed by atoms with van der Waals surface area (Å²) in [6.45, 7) is 4.39. The predicted octanol–water partition coefficient (Wildman–Crippen LogP) is 5.08. The van der Waals surface area contributed by atoms with Crippen LogP contribution in [0, 0.1) is 17.7 Å². The molecule has 0 heterocycles. The van der Waals surface area contributed by atoms with E-state index in [0.717, 1.165) is 23.7 Å². The Bertz CT molecular complexity index is 339. The second-order valence-corrected chi connectivity index (χ2v) is 5.64. The Morgan fingerprint density at radius 2 is 2.06 bits per heavy atom. The Kier molecular flexibility index (Phi) is 5.77. The molecule has 3 heteroatoms. The first-order valence-electron chi connectivity index (χ1n) is 5.52. The summed E-state index contributed by atoms with van der Waals surface area (Å²) in [6.07, 6.45) is 1.96. The molecule has 0 aromatic heterocycles. The van der Waals surface area contributed by atoms with Crippen molar-refractivity contribution in [2.45, 2.75) is 26.7 Å². The lowest BCUT2D eigenvalue weighted by Gasteiger charge is -2.17. The van der Waals surface area contributed by atoms with Crippen LogP contribution in [0.15, 0.2) is 18.2 Å². The zero-order valence-corrected chi connectivity index (χ0v) is 12.0. The van der Waals surface area contributed by atoms with E-state index in [0.29, 0.717) is 16.9 Å². The lowest BCUT2D eigenvalue weighted by atomic mass is 9.92. The van der Waals surface area contributed by atoms with E-state index in [9.17, 15) is 4.39 Å². The fourth-order valence-electron chi connectivity index (χ4n) is 1.88. The second-order valence-electron chi connectivity index (χ2n) is 4.59. The maximum Gasteiger partial charge on any atom is 0.123 e. The van der Waals surface area contributed by atoms with Crippen LogP contribution in [-0.2, 0) is 6.42 Å². The van der Waals surface area contributed by atoms with Gasteiger partial charge in [0.1, 0.15) is 5.82 Å². The molecular formula is C13H17BrClF. The van der Waals surface area contributed by atoms with Gasteiger partial charge in [-0.2, -0.15) is 0 Å². The summed E-state index contributed by atoms with van der Waals surface area (Å²) < 4.78 is 13.1. The molecular weight excluding hydrogens is 290 g/mol. The van der Waals surface area contributed by atoms with Crippen molar-refractivity contribution < 1.29 is 4.39 Å². The molecule has 1 unspecified atom stereocenters. The highest BCUT2D eigenvalue weighted by molar-refractivity contribution is 9.09. The summed E-state index contributed by atoms with van der Waals surface area (Å²) in [4.78, 5) is 0. The SMILES string of the molecule is CC(C)CC(CBr)Cc1cc(F)ccc1Cl. The minimum Gasteiger partial charge on any atom is -0.207 e. The molecule has 0 nitrogen and oxygen atoms in total. The minimum atomic E-state index is -0.211. The molecule has 1 aromatic rings. The van der Waals surface area contributed by atoms with Crippen LogP contribution < -0.4 is 0 Å². The average Bonchev–Trinajstić information content (AvgIpc) is 2.21. The van der Waals surface area contributed by atoms with Crippen LogP contribution in [0.1, 0.15) is 25.8 Å². The van der Waals surface area contributed by atoms with Gasteiger partial charge in [-0.3, -0.25) is 0 Å². The van der Waals surface area contributed by atoms with E-state index >= 15 is 0 Å². The van der Waals surface area contributed by atoms with Gasteiger partial charge >= 0.3 is 0 Å². The third-order valence-corrected chi connectivity index (χ3v) is 3.82. The van der Waals surface area contributed by atoms with Crippen LogP contribution in [0.2, 0.25) is 5.02 Å². The van der Waals surface area contributed by atoms with Crippen molar-refractivity contribution in [2.24, 2.45) is 11.8 Å². The van der Waals surface area contributed by atoms with Crippen LogP contribution >= 0.6 is 27.5 Å². The lowest BCUT2D eigenvalue weighted by Crippen LogP contribution is -2.10. The second kappa shape index (κ2) is 6.61. The summed E-state index contributed by atoms with van der Waals surface area (Å²) in [5.41, 5.74) is 0.909. The van der Waals surface area contributed by atoms with E-state index in [1.807, 2.05) is 0 Å². The lowest BCUT2D eigenvalue weighted by molar-refractivity contribution is 0.444. The Labute approximate surface area is 110 Å². The van der Waals surface area contributed by atoms with E-state index in [2.05, 4.69) is 29.8 Å². The monoisotopic (exact) mass is 306 g/mol. The van der Waals surface area contributed by atoms with E-state index in [1.165, 1.54) is 6.07 Å². The topological polar surface area (TPSA) is 0 Å². The summed E-state index contributed by atoms with van der Waals surface area (Å²) >= 11 is 9.56. The molecule has 0 aliphatic heterocycles. The van der Waals surface area contributed by atoms with Crippen molar-refractivity contribution in [3.8, 4) is 0 Å². The van der Waals surface area contributed by atoms with Gasteiger partial charge in [-0.05, 0) is 48.4 Å². The fraction of sp³-hybridized carbons (Fsp3) is 0.538. The molecule has 90 valence electrons. The van der Waals surface area contributed by atoms with E-state index in [-0.39, 0.29) is 5.82 Å². The first-order chi connectivity index (χ1) is 7.52. The smallest absolute Gasteiger partial charge is 0.123 e. The van der Waals surface area contributed by atoms with E-state index in [1.54, 1.807) is 12.1 Å². The zero-order valence-electron chi connectivity index (χ0n) is 9.64. The molecule has 0 amide bonds. The average molecular weight is 308 g/mol. The molecule has 1 aromatic carbocycles. The third-order valence-electron chi connectivity index (χ3n) is 2.54. The van der Waals surface area contributed by atoms with Crippen molar-refractivity contribution in [2.75, 3.05) is 5.33 Å². The quantitative estimate of drug-likeness (QED) is 0.666. The van der Waals surface area contributed by atoms with Crippen molar-refractivity contribution in [1.29, 1.82) is 0 Å². The van der Waals surface area contributed by atoms with E-state index in [4.69, 9.17) is 11.6 Å². The first-order valence-corrected chi connectivity index (χ1v) is 7.02. The number of halogens is 3. The maximum atomic E-state index is 13.1. The molecule has 0 spiro atoms. The van der Waals surface area contributed by atoms with Gasteiger partial charge in [0, 0.05) is 10.4 Å². The fourth-order valence-corrected chi connectivity index (χ4v) is 2.57. The molecule has 1 rings (SSSR count). The molecule has 0 fully saturated rings. The third kappa shape index (κ3) is 4.42. The van der Waals surface area contributed by atoms with Crippen molar-refractivity contribution in [3.63, 3.8) is 0 Å². The predicted molar refractivity (Wildman–Crippen MR) is 71.9 cm³/mol. The van der Waals surface area contributed by atoms with Crippen LogP contribution in [0.5, 0.6) is 0 Å². The summed E-state index contributed by atoms with van der Waals surface area (Å²) in [6, 6.07) is 4.57. The van der Waals surface area contributed by atoms with Crippen molar-refractivity contribution in [1.82, 2.24) is 0 Å². The molecule has 0 bridgehead atoms. The van der Waals surface area contributed by atoms with Gasteiger partial charge in [-0.15, -0.1) is 0 Å². The van der Waals surface area contributed by atoms with Gasteiger partial charge in [-0.25, -0.2) is 4.39 Å². The normalized spacial score (nSPS) is 13.1. The maximum absolute atomic E-state index is 13.1. The Morgan fingerprint density at radius 3 is 2.62 bits per heavy atom. The van der Waals surface area contributed by atoms with Crippen molar-refractivity contribution in [3.05, 3.63) is 34.6 Å². The van der Waals surface area contributed by atoms with Crippen LogP contribution in [-0.4, -0.2) is 5.33 Å². The zero-order chi connectivity index (χ0) is 12.1. The van der Waals surface area contributed by atoms with Crippen LogP contribution in [0.3, 0.4) is 0 Å². The highest BCUT2D eigenvalue weighted by Crippen LogP contribution is 2.24. The van der Waals surface area contributed by atoms with Gasteiger partial charge in [0.2, 0.25) is 0 Å². The molecule has 0 aliphatic carbocycles. The van der Waals surface area contributed by atoms with Gasteiger partial charge in [0.05, 0.1) is 0 Å². The Morgan fingerprint density at radius 1 is 1.38 bits per heavy atom. The molecule has 0 aliphatic rings. The van der Waals surface area contributed by atoms with Crippen LogP contribution in [0.25, 0.3) is 0 Å². The molecule has 0 N–H and O–H groups in total. The molecule has 0 saturated carbocycles. The Hall–Kier alpha value is -0.0800. The largest absolute Gasteiger partial charge is 0.207 e. The van der Waals surface area contributed by atoms with Crippen LogP contribution in [0.4, 0.5) is 4.39 Å². The highest BCUT2D eigenvalue weighted by Gasteiger charge is 2.13.